The molecule has 4 rings (SSSR count). The topological polar surface area (TPSA) is 119 Å². The number of phenols is 4. The lowest BCUT2D eigenvalue weighted by Crippen LogP contribution is -2.18. The molecule has 0 amide bonds. The van der Waals surface area contributed by atoms with Crippen LogP contribution in [0.5, 0.6) is 23.0 Å². The number of phenolic OH excluding ortho intramolecular Hbond substituents is 4. The smallest absolute Gasteiger partial charge is 0.477 e. The molecule has 4 N–H and O–H groups in total. The van der Waals surface area contributed by atoms with Crippen molar-refractivity contribution in [2.45, 2.75) is 90.9 Å². The molecule has 8 heteroatoms. The number of rotatable bonds is 14. The third-order valence-corrected chi connectivity index (χ3v) is 9.65. The normalized spacial score (nSPS) is 20.8. The Kier molecular flexibility index (Phi) is 11.6. The molecule has 46 heavy (non-hydrogen) atoms. The Morgan fingerprint density at radius 3 is 1.52 bits per heavy atom. The van der Waals surface area contributed by atoms with Crippen LogP contribution in [0.2, 0.25) is 0 Å². The van der Waals surface area contributed by atoms with Crippen molar-refractivity contribution in [3.05, 3.63) is 99.0 Å². The second kappa shape index (κ2) is 15.4. The summed E-state index contributed by atoms with van der Waals surface area (Å²) in [7, 11) is 0. The molecule has 248 valence electrons. The zero-order valence-electron chi connectivity index (χ0n) is 27.7. The number of benzene rings is 2. The summed E-state index contributed by atoms with van der Waals surface area (Å²) < 4.78 is 0. The lowest BCUT2D eigenvalue weighted by Gasteiger charge is -2.31. The third-order valence-electron chi connectivity index (χ3n) is 9.65. The van der Waals surface area contributed by atoms with Gasteiger partial charge < -0.3 is 20.4 Å². The minimum atomic E-state index is -0.0421. The van der Waals surface area contributed by atoms with E-state index in [4.69, 9.17) is 9.68 Å². The fraction of sp³-hybridized carbons (Fsp3) is 0.474. The van der Waals surface area contributed by atoms with E-state index in [-0.39, 0.29) is 65.0 Å². The van der Waals surface area contributed by atoms with Gasteiger partial charge in [0, 0.05) is 34.1 Å². The van der Waals surface area contributed by atoms with Crippen LogP contribution in [0.1, 0.15) is 97.6 Å². The molecule has 0 aromatic heterocycles. The lowest BCUT2D eigenvalue weighted by molar-refractivity contribution is -0.981. The zero-order chi connectivity index (χ0) is 33.5. The van der Waals surface area contributed by atoms with Crippen LogP contribution in [0, 0.1) is 30.6 Å². The number of aryl methyl sites for hydroxylation is 2. The summed E-state index contributed by atoms with van der Waals surface area (Å²) in [6.45, 7) is 15.9. The fourth-order valence-corrected chi connectivity index (χ4v) is 7.02. The molecule has 4 atom stereocenters. The van der Waals surface area contributed by atoms with E-state index in [0.29, 0.717) is 36.8 Å². The molecule has 2 aromatic carbocycles. The van der Waals surface area contributed by atoms with E-state index in [2.05, 4.69) is 37.5 Å². The van der Waals surface area contributed by atoms with Crippen molar-refractivity contribution in [1.29, 1.82) is 0 Å². The number of allylic oxidation sites excluding steroid dienone is 6. The Hall–Kier alpha value is -4.20. The second-order valence-corrected chi connectivity index (χ2v) is 12.9. The van der Waals surface area contributed by atoms with Gasteiger partial charge in [0.05, 0.1) is 0 Å². The average molecular weight is 633 g/mol. The standard InChI is InChI=1S/C38H49NO7/c1-23(2)29-15-7-9-17-31(29)35-27(21-33(40)25(5)37(35)42)13-11-19-45-39(44)46-20-12-14-28-22-34(41)26(6)38(43)36(28)32-18-10-8-16-30(32)24(3)4/h9-10,17-18,21-22,29-32H,1,3,7-8,11-16,19-20H2,2,4-6H3,(H3-,40,41,42,43)/p+1/t29-,30-,31+,32+/m1/s1. The van der Waals surface area contributed by atoms with Crippen molar-refractivity contribution in [1.82, 2.24) is 0 Å². The fourth-order valence-electron chi connectivity index (χ4n) is 7.02. The summed E-state index contributed by atoms with van der Waals surface area (Å²) in [5, 5.41) is 43.2. The van der Waals surface area contributed by atoms with E-state index in [1.165, 1.54) is 0 Å². The predicted molar refractivity (Wildman–Crippen MR) is 180 cm³/mol. The van der Waals surface area contributed by atoms with Gasteiger partial charge in [-0.25, -0.2) is 0 Å². The van der Waals surface area contributed by atoms with Gasteiger partial charge in [-0.05, 0) is 114 Å². The highest BCUT2D eigenvalue weighted by molar-refractivity contribution is 5.56. The second-order valence-electron chi connectivity index (χ2n) is 12.9. The quantitative estimate of drug-likeness (QED) is 0.0935. The first kappa shape index (κ1) is 34.7. The van der Waals surface area contributed by atoms with Gasteiger partial charge in [-0.1, -0.05) is 48.6 Å². The molecule has 2 aromatic rings. The first-order valence-electron chi connectivity index (χ1n) is 16.4. The van der Waals surface area contributed by atoms with Gasteiger partial charge in [-0.3, -0.25) is 0 Å². The number of hydrogen-bond donors (Lipinski definition) is 4. The molecule has 2 aliphatic rings. The van der Waals surface area contributed by atoms with Crippen molar-refractivity contribution in [3.63, 3.8) is 0 Å². The molecule has 0 saturated heterocycles. The molecule has 0 fully saturated rings. The number of nitrogens with zero attached hydrogens (tertiary/aromatic N) is 1. The maximum atomic E-state index is 12.3. The highest BCUT2D eigenvalue weighted by Crippen LogP contribution is 2.47. The van der Waals surface area contributed by atoms with Crippen LogP contribution in [0.4, 0.5) is 0 Å². The average Bonchev–Trinajstić information content (AvgIpc) is 3.03. The highest BCUT2D eigenvalue weighted by Gasteiger charge is 2.31. The Balaban J connectivity index is 1.33. The van der Waals surface area contributed by atoms with E-state index in [1.54, 1.807) is 26.0 Å². The third kappa shape index (κ3) is 7.77. The van der Waals surface area contributed by atoms with Crippen LogP contribution < -0.4 is 0 Å². The Bertz CT molecular complexity index is 1410. The first-order valence-corrected chi connectivity index (χ1v) is 16.4. The summed E-state index contributed by atoms with van der Waals surface area (Å²) in [5.41, 5.74) is 6.22. The lowest BCUT2D eigenvalue weighted by atomic mass is 9.74. The zero-order valence-corrected chi connectivity index (χ0v) is 27.7. The van der Waals surface area contributed by atoms with E-state index in [1.807, 2.05) is 13.8 Å². The Morgan fingerprint density at radius 2 is 1.15 bits per heavy atom. The molecular weight excluding hydrogens is 582 g/mol. The molecule has 0 radical (unpaired) electrons. The Labute approximate surface area is 272 Å². The van der Waals surface area contributed by atoms with Crippen LogP contribution in [0.3, 0.4) is 0 Å². The van der Waals surface area contributed by atoms with Crippen LogP contribution in [-0.4, -0.2) is 38.7 Å². The van der Waals surface area contributed by atoms with E-state index in [9.17, 15) is 25.3 Å². The van der Waals surface area contributed by atoms with Crippen LogP contribution in [0.25, 0.3) is 0 Å². The summed E-state index contributed by atoms with van der Waals surface area (Å²) >= 11 is 0. The van der Waals surface area contributed by atoms with Gasteiger partial charge in [0.25, 0.3) is 0 Å². The monoisotopic (exact) mass is 632 g/mol. The van der Waals surface area contributed by atoms with Crippen molar-refractivity contribution in [2.75, 3.05) is 13.2 Å². The number of hydrogen-bond acceptors (Lipinski definition) is 7. The molecule has 0 heterocycles. The summed E-state index contributed by atoms with van der Waals surface area (Å²) in [6.07, 6.45) is 14.2. The van der Waals surface area contributed by atoms with Gasteiger partial charge in [-0.2, -0.15) is 9.68 Å². The molecule has 0 saturated carbocycles. The maximum Gasteiger partial charge on any atom is 0.477 e. The van der Waals surface area contributed by atoms with Gasteiger partial charge in [-0.15, -0.1) is 0 Å². The molecule has 0 bridgehead atoms. The van der Waals surface area contributed by atoms with Crippen LogP contribution in [0.15, 0.2) is 60.7 Å². The van der Waals surface area contributed by atoms with Crippen molar-refractivity contribution >= 4 is 0 Å². The summed E-state index contributed by atoms with van der Waals surface area (Å²) in [6, 6.07) is 3.40. The maximum absolute atomic E-state index is 12.3. The summed E-state index contributed by atoms with van der Waals surface area (Å²) in [4.78, 5) is 22.8. The minimum Gasteiger partial charge on any atom is -0.508 e. The van der Waals surface area contributed by atoms with Crippen molar-refractivity contribution in [2.24, 2.45) is 11.8 Å². The summed E-state index contributed by atoms with van der Waals surface area (Å²) in [5.74, 6) is 0.559. The minimum absolute atomic E-state index is 0.0330. The van der Waals surface area contributed by atoms with E-state index < -0.39 is 0 Å². The van der Waals surface area contributed by atoms with Crippen molar-refractivity contribution in [3.8, 4) is 23.0 Å². The van der Waals surface area contributed by atoms with Gasteiger partial charge in [0.15, 0.2) is 13.2 Å². The first-order chi connectivity index (χ1) is 21.9. The molecule has 0 unspecified atom stereocenters. The molecule has 0 aliphatic heterocycles. The molecular formula is C38H50NO7+. The van der Waals surface area contributed by atoms with Gasteiger partial charge >= 0.3 is 5.09 Å². The molecule has 8 nitrogen and oxygen atoms in total. The molecule has 0 spiro atoms. The van der Waals surface area contributed by atoms with E-state index in [0.717, 1.165) is 59.1 Å². The van der Waals surface area contributed by atoms with Crippen LogP contribution in [-0.2, 0) is 22.5 Å². The molecule has 2 aliphatic carbocycles. The number of aromatic hydroxyl groups is 4. The predicted octanol–water partition coefficient (Wildman–Crippen LogP) is 8.59. The SMILES string of the molecule is C=C(C)[C@H]1CCC=C[C@@H]1c1c(CCCO[N+](=O)OCCCc2cc(O)c(C)c(O)c2[C@H]2C=CCC[C@@H]2C(=C)C)cc(O)c(C)c1O. The van der Waals surface area contributed by atoms with Crippen LogP contribution >= 0.6 is 0 Å². The van der Waals surface area contributed by atoms with E-state index >= 15 is 0 Å². The van der Waals surface area contributed by atoms with Gasteiger partial charge in [0.2, 0.25) is 0 Å². The highest BCUT2D eigenvalue weighted by atomic mass is 17.0. The largest absolute Gasteiger partial charge is 0.508 e. The Morgan fingerprint density at radius 1 is 0.761 bits per heavy atom. The van der Waals surface area contributed by atoms with Crippen molar-refractivity contribution < 1.29 is 35.2 Å². The van der Waals surface area contributed by atoms with Gasteiger partial charge in [0.1, 0.15) is 27.9 Å².